The Bertz CT molecular complexity index is 394. The molecule has 5 heteroatoms. The van der Waals surface area contributed by atoms with Gasteiger partial charge in [0.1, 0.15) is 12.2 Å². The van der Waals surface area contributed by atoms with Crippen LogP contribution in [0, 0.1) is 17.1 Å². The molecule has 1 aromatic rings. The molecular weight excluding hydrogens is 219 g/mol. The molecule has 0 radical (unpaired) electrons. The number of hydrogen-bond donors (Lipinski definition) is 1. The highest BCUT2D eigenvalue weighted by molar-refractivity contribution is 6.31. The maximum atomic E-state index is 13.2. The van der Waals surface area contributed by atoms with Gasteiger partial charge in [0.15, 0.2) is 0 Å². The average Bonchev–Trinajstić information content (AvgIpc) is 2.17. The van der Waals surface area contributed by atoms with Crippen molar-refractivity contribution in [3.63, 3.8) is 0 Å². The topological polar surface area (TPSA) is 52.9 Å². The van der Waals surface area contributed by atoms with Gasteiger partial charge in [-0.2, -0.15) is 5.26 Å². The van der Waals surface area contributed by atoms with Gasteiger partial charge in [-0.15, -0.1) is 0 Å². The highest BCUT2D eigenvalue weighted by Gasteiger charge is 2.07. The van der Waals surface area contributed by atoms with Crippen molar-refractivity contribution in [1.29, 1.82) is 5.26 Å². The van der Waals surface area contributed by atoms with Crippen molar-refractivity contribution in [2.45, 2.75) is 13.0 Å². The first-order chi connectivity index (χ1) is 7.15. The molecule has 15 heavy (non-hydrogen) atoms. The van der Waals surface area contributed by atoms with Gasteiger partial charge in [-0.3, -0.25) is 4.79 Å². The predicted octanol–water partition coefficient (Wildman–Crippen LogP) is 2.01. The lowest BCUT2D eigenvalue weighted by Crippen LogP contribution is -2.22. The number of rotatable bonds is 3. The quantitative estimate of drug-likeness (QED) is 0.857. The molecule has 3 nitrogen and oxygen atoms in total. The maximum absolute atomic E-state index is 13.2. The lowest BCUT2D eigenvalue weighted by Gasteiger charge is -2.06. The summed E-state index contributed by atoms with van der Waals surface area (Å²) in [6.45, 7) is -0.00792. The summed E-state index contributed by atoms with van der Waals surface area (Å²) in [7, 11) is 0. The molecule has 0 fully saturated rings. The van der Waals surface area contributed by atoms with Crippen molar-refractivity contribution in [1.82, 2.24) is 5.32 Å². The zero-order chi connectivity index (χ0) is 11.3. The second kappa shape index (κ2) is 5.32. The number of nitrogens with one attached hydrogen (secondary N) is 1. The summed E-state index contributed by atoms with van der Waals surface area (Å²) in [6, 6.07) is 5.98. The molecule has 0 saturated carbocycles. The van der Waals surface area contributed by atoms with Crippen LogP contribution in [0.15, 0.2) is 18.2 Å². The number of carbonyl (C=O) groups excluding carboxylic acids is 1. The molecule has 0 spiro atoms. The van der Waals surface area contributed by atoms with Crippen LogP contribution in [0.25, 0.3) is 0 Å². The molecule has 1 amide bonds. The highest BCUT2D eigenvalue weighted by Crippen LogP contribution is 2.18. The fraction of sp³-hybridized carbons (Fsp3) is 0.200. The molecule has 1 rings (SSSR count). The summed E-state index contributed by atoms with van der Waals surface area (Å²) < 4.78 is 13.2. The Kier molecular flexibility index (Phi) is 4.07. The summed E-state index contributed by atoms with van der Waals surface area (Å²) >= 11 is 5.73. The fourth-order valence-electron chi connectivity index (χ4n) is 1.02. The standard InChI is InChI=1S/C10H8ClFN2O/c11-8-2-1-3-9(12)7(8)6-14-10(15)4-5-13/h1-3H,4,6H2,(H,14,15). The monoisotopic (exact) mass is 226 g/mol. The lowest BCUT2D eigenvalue weighted by atomic mass is 10.2. The van der Waals surface area contributed by atoms with E-state index in [1.165, 1.54) is 18.2 Å². The van der Waals surface area contributed by atoms with Gasteiger partial charge >= 0.3 is 0 Å². The van der Waals surface area contributed by atoms with Gasteiger partial charge in [0.2, 0.25) is 5.91 Å². The van der Waals surface area contributed by atoms with E-state index < -0.39 is 11.7 Å². The van der Waals surface area contributed by atoms with Crippen molar-refractivity contribution in [3.05, 3.63) is 34.6 Å². The van der Waals surface area contributed by atoms with Crippen molar-refractivity contribution < 1.29 is 9.18 Å². The van der Waals surface area contributed by atoms with E-state index in [9.17, 15) is 9.18 Å². The zero-order valence-corrected chi connectivity index (χ0v) is 8.51. The molecule has 0 heterocycles. The van der Waals surface area contributed by atoms with Crippen molar-refractivity contribution in [2.75, 3.05) is 0 Å². The van der Waals surface area contributed by atoms with E-state index >= 15 is 0 Å². The summed E-state index contributed by atoms with van der Waals surface area (Å²) in [6.07, 6.45) is -0.244. The highest BCUT2D eigenvalue weighted by atomic mass is 35.5. The molecule has 0 saturated heterocycles. The SMILES string of the molecule is N#CCC(=O)NCc1c(F)cccc1Cl. The van der Waals surface area contributed by atoms with Crippen LogP contribution in [-0.4, -0.2) is 5.91 Å². The number of amides is 1. The molecule has 78 valence electrons. The largest absolute Gasteiger partial charge is 0.351 e. The number of benzene rings is 1. The van der Waals surface area contributed by atoms with Gasteiger partial charge < -0.3 is 5.32 Å². The molecular formula is C10H8ClFN2O. The maximum Gasteiger partial charge on any atom is 0.234 e. The Morgan fingerprint density at radius 3 is 2.93 bits per heavy atom. The lowest BCUT2D eigenvalue weighted by molar-refractivity contribution is -0.120. The van der Waals surface area contributed by atoms with Gasteiger partial charge in [0.05, 0.1) is 6.07 Å². The van der Waals surface area contributed by atoms with E-state index in [4.69, 9.17) is 16.9 Å². The zero-order valence-electron chi connectivity index (χ0n) is 7.76. The Hall–Kier alpha value is -1.60. The van der Waals surface area contributed by atoms with E-state index in [1.54, 1.807) is 6.07 Å². The molecule has 0 aliphatic rings. The second-order valence-electron chi connectivity index (χ2n) is 2.81. The second-order valence-corrected chi connectivity index (χ2v) is 3.22. The third kappa shape index (κ3) is 3.22. The minimum absolute atomic E-state index is 0.00792. The number of carbonyl (C=O) groups is 1. The third-order valence-corrected chi connectivity index (χ3v) is 2.12. The number of hydrogen-bond acceptors (Lipinski definition) is 2. The van der Waals surface area contributed by atoms with Crippen LogP contribution in [0.5, 0.6) is 0 Å². The van der Waals surface area contributed by atoms with Crippen LogP contribution in [0.2, 0.25) is 5.02 Å². The van der Waals surface area contributed by atoms with Crippen molar-refractivity contribution in [3.8, 4) is 6.07 Å². The molecule has 0 aromatic heterocycles. The smallest absolute Gasteiger partial charge is 0.234 e. The van der Waals surface area contributed by atoms with E-state index in [2.05, 4.69) is 5.32 Å². The minimum Gasteiger partial charge on any atom is -0.351 e. The first kappa shape index (κ1) is 11.5. The minimum atomic E-state index is -0.472. The molecule has 0 unspecified atom stereocenters. The molecule has 0 aliphatic heterocycles. The van der Waals surface area contributed by atoms with Crippen LogP contribution in [0.4, 0.5) is 4.39 Å². The van der Waals surface area contributed by atoms with Crippen molar-refractivity contribution in [2.24, 2.45) is 0 Å². The first-order valence-electron chi connectivity index (χ1n) is 4.21. The van der Waals surface area contributed by atoms with Gasteiger partial charge in [-0.25, -0.2) is 4.39 Å². The summed E-state index contributed by atoms with van der Waals surface area (Å²) in [4.78, 5) is 10.9. The third-order valence-electron chi connectivity index (χ3n) is 1.76. The van der Waals surface area contributed by atoms with E-state index in [0.29, 0.717) is 0 Å². The normalized spacial score (nSPS) is 9.40. The molecule has 0 bridgehead atoms. The van der Waals surface area contributed by atoms with Gasteiger partial charge in [0, 0.05) is 17.1 Å². The van der Waals surface area contributed by atoms with E-state index in [1.807, 2.05) is 0 Å². The molecule has 0 atom stereocenters. The van der Waals surface area contributed by atoms with Gasteiger partial charge in [-0.05, 0) is 12.1 Å². The number of halogens is 2. The number of nitrogens with zero attached hydrogens (tertiary/aromatic N) is 1. The summed E-state index contributed by atoms with van der Waals surface area (Å²) in [5, 5.41) is 10.9. The Morgan fingerprint density at radius 1 is 1.60 bits per heavy atom. The first-order valence-corrected chi connectivity index (χ1v) is 4.59. The van der Waals surface area contributed by atoms with Crippen molar-refractivity contribution >= 4 is 17.5 Å². The molecule has 1 N–H and O–H groups in total. The molecule has 0 aliphatic carbocycles. The van der Waals surface area contributed by atoms with E-state index in [0.717, 1.165) is 0 Å². The van der Waals surface area contributed by atoms with Gasteiger partial charge in [-0.1, -0.05) is 17.7 Å². The average molecular weight is 227 g/mol. The molecule has 1 aromatic carbocycles. The Labute approximate surface area is 91.5 Å². The summed E-state index contributed by atoms with van der Waals surface area (Å²) in [5.74, 6) is -0.920. The van der Waals surface area contributed by atoms with Crippen LogP contribution >= 0.6 is 11.6 Å². The van der Waals surface area contributed by atoms with E-state index in [-0.39, 0.29) is 23.6 Å². The summed E-state index contributed by atoms with van der Waals surface area (Å²) in [5.41, 5.74) is 0.227. The fourth-order valence-corrected chi connectivity index (χ4v) is 1.25. The van der Waals surface area contributed by atoms with Crippen LogP contribution < -0.4 is 5.32 Å². The predicted molar refractivity (Wildman–Crippen MR) is 53.5 cm³/mol. The van der Waals surface area contributed by atoms with Crippen LogP contribution in [0.1, 0.15) is 12.0 Å². The van der Waals surface area contributed by atoms with Crippen LogP contribution in [-0.2, 0) is 11.3 Å². The van der Waals surface area contributed by atoms with Crippen LogP contribution in [0.3, 0.4) is 0 Å². The van der Waals surface area contributed by atoms with Gasteiger partial charge in [0.25, 0.3) is 0 Å². The Morgan fingerprint density at radius 2 is 2.33 bits per heavy atom. The number of nitriles is 1. The Balaban J connectivity index is 2.66.